The van der Waals surface area contributed by atoms with E-state index in [-0.39, 0.29) is 12.1 Å². The Morgan fingerprint density at radius 3 is 2.74 bits per heavy atom. The lowest BCUT2D eigenvalue weighted by atomic mass is 10.0. The van der Waals surface area contributed by atoms with Crippen molar-refractivity contribution in [3.05, 3.63) is 82.9 Å². The third-order valence-electron chi connectivity index (χ3n) is 6.68. The lowest BCUT2D eigenvalue weighted by molar-refractivity contribution is 0.0365. The first kappa shape index (κ1) is 23.3. The third kappa shape index (κ3) is 4.84. The Labute approximate surface area is 211 Å². The molecular weight excluding hydrogens is 466 g/mol. The topological polar surface area (TPSA) is 45.6 Å². The number of hydrogen-bond acceptors (Lipinski definition) is 4. The van der Waals surface area contributed by atoms with Gasteiger partial charge in [-0.1, -0.05) is 17.7 Å². The van der Waals surface area contributed by atoms with Gasteiger partial charge in [-0.2, -0.15) is 0 Å². The molecule has 8 heteroatoms. The number of pyridine rings is 1. The molecule has 1 N–H and O–H groups in total. The molecule has 2 atom stereocenters. The predicted octanol–water partition coefficient (Wildman–Crippen LogP) is 4.53. The van der Waals surface area contributed by atoms with E-state index in [1.165, 1.54) is 5.69 Å². The molecule has 2 saturated heterocycles. The number of nitrogens with zero attached hydrogens (tertiary/aromatic N) is 4. The van der Waals surface area contributed by atoms with Gasteiger partial charge in [0.1, 0.15) is 0 Å². The molecule has 0 saturated carbocycles. The molecule has 2 aliphatic rings. The van der Waals surface area contributed by atoms with Crippen molar-refractivity contribution in [2.45, 2.75) is 25.4 Å². The Morgan fingerprint density at radius 2 is 1.97 bits per heavy atom. The van der Waals surface area contributed by atoms with E-state index in [2.05, 4.69) is 61.2 Å². The summed E-state index contributed by atoms with van der Waals surface area (Å²) >= 11 is 12.2. The van der Waals surface area contributed by atoms with Crippen LogP contribution < -0.4 is 5.32 Å². The van der Waals surface area contributed by atoms with Gasteiger partial charge < -0.3 is 19.5 Å². The van der Waals surface area contributed by atoms with Crippen LogP contribution in [0.2, 0.25) is 5.02 Å². The monoisotopic (exact) mass is 495 g/mol. The Hall–Kier alpha value is -2.45. The van der Waals surface area contributed by atoms with E-state index < -0.39 is 0 Å². The highest BCUT2D eigenvalue weighted by Gasteiger charge is 2.41. The fourth-order valence-corrected chi connectivity index (χ4v) is 5.36. The van der Waals surface area contributed by atoms with Gasteiger partial charge in [-0.3, -0.25) is 9.88 Å². The molecule has 1 aromatic carbocycles. The molecule has 0 bridgehead atoms. The first-order valence-electron chi connectivity index (χ1n) is 11.8. The van der Waals surface area contributed by atoms with E-state index in [1.54, 1.807) is 0 Å². The Bertz CT molecular complexity index is 1130. The fourth-order valence-electron chi connectivity index (χ4n) is 4.91. The smallest absolute Gasteiger partial charge is 0.170 e. The summed E-state index contributed by atoms with van der Waals surface area (Å²) in [6.45, 7) is 7.60. The summed E-state index contributed by atoms with van der Waals surface area (Å²) in [5.74, 6) is 0. The highest BCUT2D eigenvalue weighted by atomic mass is 35.5. The standard InChI is InChI=1S/C26H30ClN5OS/c1-19-18-20(8-9-21(19)27)31-12-4-7-23(31)25-24(22-6-2-3-10-28-22)29-26(34)32(25)13-5-11-30-14-16-33-17-15-30/h2-4,6-10,12,18,24-25H,5,11,13-17H2,1H3,(H,29,34)/t24-,25+/m0/s1. The van der Waals surface area contributed by atoms with E-state index in [0.29, 0.717) is 0 Å². The van der Waals surface area contributed by atoms with Crippen molar-refractivity contribution in [1.82, 2.24) is 24.7 Å². The molecule has 0 aliphatic carbocycles. The first-order valence-corrected chi connectivity index (χ1v) is 12.6. The summed E-state index contributed by atoms with van der Waals surface area (Å²) < 4.78 is 7.74. The van der Waals surface area contributed by atoms with E-state index in [0.717, 1.165) is 72.9 Å². The molecule has 5 rings (SSSR count). The molecule has 2 aromatic heterocycles. The molecule has 2 aliphatic heterocycles. The summed E-state index contributed by atoms with van der Waals surface area (Å²) in [6, 6.07) is 16.5. The number of ether oxygens (including phenoxy) is 1. The molecule has 34 heavy (non-hydrogen) atoms. The Morgan fingerprint density at radius 1 is 1.12 bits per heavy atom. The molecule has 4 heterocycles. The lowest BCUT2D eigenvalue weighted by Crippen LogP contribution is -2.39. The van der Waals surface area contributed by atoms with Crippen LogP contribution in [0.3, 0.4) is 0 Å². The minimum atomic E-state index is -0.0286. The molecule has 0 unspecified atom stereocenters. The summed E-state index contributed by atoms with van der Waals surface area (Å²) in [7, 11) is 0. The van der Waals surface area contributed by atoms with Crippen LogP contribution in [0.5, 0.6) is 0 Å². The number of rotatable bonds is 7. The van der Waals surface area contributed by atoms with Gasteiger partial charge in [-0.05, 0) is 73.6 Å². The molecule has 3 aromatic rings. The van der Waals surface area contributed by atoms with E-state index in [4.69, 9.17) is 28.6 Å². The number of benzene rings is 1. The van der Waals surface area contributed by atoms with Crippen LogP contribution in [0, 0.1) is 6.92 Å². The maximum Gasteiger partial charge on any atom is 0.170 e. The molecule has 0 amide bonds. The largest absolute Gasteiger partial charge is 0.379 e. The number of aromatic nitrogens is 2. The molecular formula is C26H30ClN5OS. The number of morpholine rings is 1. The van der Waals surface area contributed by atoms with Gasteiger partial charge in [0.25, 0.3) is 0 Å². The van der Waals surface area contributed by atoms with Crippen molar-refractivity contribution in [2.24, 2.45) is 0 Å². The van der Waals surface area contributed by atoms with E-state index in [9.17, 15) is 0 Å². The molecule has 6 nitrogen and oxygen atoms in total. The average molecular weight is 496 g/mol. The maximum atomic E-state index is 6.31. The first-order chi connectivity index (χ1) is 16.6. The number of aryl methyl sites for hydroxylation is 1. The van der Waals surface area contributed by atoms with Crippen LogP contribution >= 0.6 is 23.8 Å². The summed E-state index contributed by atoms with van der Waals surface area (Å²) in [5.41, 5.74) is 4.32. The van der Waals surface area contributed by atoms with Crippen LogP contribution in [-0.4, -0.2) is 63.9 Å². The molecule has 0 radical (unpaired) electrons. The second-order valence-corrected chi connectivity index (χ2v) is 9.66. The number of thiocarbonyl (C=S) groups is 1. The van der Waals surface area contributed by atoms with Gasteiger partial charge >= 0.3 is 0 Å². The van der Waals surface area contributed by atoms with Crippen LogP contribution in [0.1, 0.15) is 35.5 Å². The second kappa shape index (κ2) is 10.4. The fraction of sp³-hybridized carbons (Fsp3) is 0.385. The zero-order valence-corrected chi connectivity index (χ0v) is 20.9. The number of nitrogens with one attached hydrogen (secondary N) is 1. The molecule has 0 spiro atoms. The van der Waals surface area contributed by atoms with Gasteiger partial charge in [-0.15, -0.1) is 0 Å². The molecule has 2 fully saturated rings. The second-order valence-electron chi connectivity index (χ2n) is 8.86. The zero-order valence-electron chi connectivity index (χ0n) is 19.4. The average Bonchev–Trinajstić information content (AvgIpc) is 3.47. The van der Waals surface area contributed by atoms with Crippen molar-refractivity contribution in [3.8, 4) is 5.69 Å². The quantitative estimate of drug-likeness (QED) is 0.486. The minimum absolute atomic E-state index is 0.0260. The van der Waals surface area contributed by atoms with Crippen LogP contribution in [0.25, 0.3) is 5.69 Å². The zero-order chi connectivity index (χ0) is 23.5. The van der Waals surface area contributed by atoms with E-state index in [1.807, 2.05) is 31.3 Å². The van der Waals surface area contributed by atoms with Crippen molar-refractivity contribution in [3.63, 3.8) is 0 Å². The highest BCUT2D eigenvalue weighted by Crippen LogP contribution is 2.39. The van der Waals surface area contributed by atoms with Crippen molar-refractivity contribution >= 4 is 28.9 Å². The van der Waals surface area contributed by atoms with Crippen molar-refractivity contribution in [1.29, 1.82) is 0 Å². The van der Waals surface area contributed by atoms with Gasteiger partial charge in [-0.25, -0.2) is 0 Å². The summed E-state index contributed by atoms with van der Waals surface area (Å²) in [4.78, 5) is 9.48. The molecule has 178 valence electrons. The van der Waals surface area contributed by atoms with Gasteiger partial charge in [0.15, 0.2) is 5.11 Å². The van der Waals surface area contributed by atoms with Crippen molar-refractivity contribution < 1.29 is 4.74 Å². The predicted molar refractivity (Wildman–Crippen MR) is 140 cm³/mol. The maximum absolute atomic E-state index is 6.31. The normalized spacial score (nSPS) is 21.1. The number of hydrogen-bond donors (Lipinski definition) is 1. The van der Waals surface area contributed by atoms with Crippen molar-refractivity contribution in [2.75, 3.05) is 39.4 Å². The third-order valence-corrected chi connectivity index (χ3v) is 7.45. The summed E-state index contributed by atoms with van der Waals surface area (Å²) in [6.07, 6.45) is 4.99. The minimum Gasteiger partial charge on any atom is -0.379 e. The SMILES string of the molecule is Cc1cc(-n2cccc2[C@@H]2[C@H](c3ccccn3)NC(=S)N2CCCN2CCOCC2)ccc1Cl. The van der Waals surface area contributed by atoms with E-state index >= 15 is 0 Å². The van der Waals surface area contributed by atoms with Gasteiger partial charge in [0.05, 0.1) is 31.0 Å². The highest BCUT2D eigenvalue weighted by molar-refractivity contribution is 7.80. The lowest BCUT2D eigenvalue weighted by Gasteiger charge is -2.31. The van der Waals surface area contributed by atoms with Crippen LogP contribution in [0.15, 0.2) is 60.9 Å². The van der Waals surface area contributed by atoms with Crippen LogP contribution in [0.4, 0.5) is 0 Å². The Kier molecular flexibility index (Phi) is 7.15. The number of halogens is 1. The van der Waals surface area contributed by atoms with Crippen LogP contribution in [-0.2, 0) is 4.74 Å². The Balaban J connectivity index is 1.45. The van der Waals surface area contributed by atoms with Gasteiger partial charge in [0, 0.05) is 55.0 Å². The summed E-state index contributed by atoms with van der Waals surface area (Å²) in [5, 5.41) is 5.13. The van der Waals surface area contributed by atoms with Gasteiger partial charge in [0.2, 0.25) is 0 Å².